The number of nitrogens with one attached hydrogen (secondary N) is 1. The van der Waals surface area contributed by atoms with Gasteiger partial charge in [-0.15, -0.1) is 0 Å². The van der Waals surface area contributed by atoms with Crippen LogP contribution in [0.1, 0.15) is 39.5 Å². The Kier molecular flexibility index (Phi) is 5.27. The summed E-state index contributed by atoms with van der Waals surface area (Å²) in [7, 11) is 0. The second kappa shape index (κ2) is 6.48. The molecule has 1 rings (SSSR count). The molecule has 1 fully saturated rings. The highest BCUT2D eigenvalue weighted by Crippen LogP contribution is 2.35. The second-order valence-corrected chi connectivity index (χ2v) is 5.13. The maximum absolute atomic E-state index is 9.35. The average Bonchev–Trinajstić information content (AvgIpc) is 2.34. The number of nitrogens with zero attached hydrogens (tertiary/aromatic N) is 4. The molecule has 0 aliphatic heterocycles. The van der Waals surface area contributed by atoms with Crippen molar-refractivity contribution >= 4 is 0 Å². The molecule has 1 saturated carbocycles. The monoisotopic (exact) mass is 235 g/mol. The summed E-state index contributed by atoms with van der Waals surface area (Å²) in [6, 6.07) is 2.44. The van der Waals surface area contributed by atoms with Gasteiger partial charge in [-0.25, -0.2) is 0 Å². The van der Waals surface area contributed by atoms with E-state index in [4.69, 9.17) is 5.53 Å². The zero-order valence-electron chi connectivity index (χ0n) is 10.7. The highest BCUT2D eigenvalue weighted by atomic mass is 15.1. The standard InChI is InChI=1S/C12H21N5/c1-10-4-5-12(9-13,8-11(10)2)15-6-3-7-16-17-14/h10-11,15H,3-8H2,1-2H3. The SMILES string of the molecule is CC1CCC(C#N)(NCCCN=[N+]=[N-])CC1C. The van der Waals surface area contributed by atoms with Gasteiger partial charge in [-0.2, -0.15) is 5.26 Å². The van der Waals surface area contributed by atoms with Gasteiger partial charge in [0.05, 0.1) is 6.07 Å². The van der Waals surface area contributed by atoms with Gasteiger partial charge in [0.25, 0.3) is 0 Å². The van der Waals surface area contributed by atoms with Crippen LogP contribution in [0.5, 0.6) is 0 Å². The Morgan fingerprint density at radius 1 is 1.53 bits per heavy atom. The zero-order valence-corrected chi connectivity index (χ0v) is 10.7. The first kappa shape index (κ1) is 13.8. The molecular weight excluding hydrogens is 214 g/mol. The van der Waals surface area contributed by atoms with Gasteiger partial charge >= 0.3 is 0 Å². The van der Waals surface area contributed by atoms with Gasteiger partial charge in [-0.05, 0) is 49.6 Å². The van der Waals surface area contributed by atoms with Crippen molar-refractivity contribution in [1.82, 2.24) is 5.32 Å². The van der Waals surface area contributed by atoms with Gasteiger partial charge in [0.15, 0.2) is 0 Å². The minimum absolute atomic E-state index is 0.359. The molecule has 17 heavy (non-hydrogen) atoms. The molecule has 1 N–H and O–H groups in total. The molecule has 0 heterocycles. The Morgan fingerprint density at radius 2 is 2.29 bits per heavy atom. The molecular formula is C12H21N5. The minimum atomic E-state index is -0.359. The van der Waals surface area contributed by atoms with Crippen LogP contribution in [0.15, 0.2) is 5.11 Å². The van der Waals surface area contributed by atoms with Gasteiger partial charge in [0, 0.05) is 11.5 Å². The average molecular weight is 235 g/mol. The van der Waals surface area contributed by atoms with Crippen LogP contribution in [0.4, 0.5) is 0 Å². The van der Waals surface area contributed by atoms with Crippen molar-refractivity contribution in [3.8, 4) is 6.07 Å². The lowest BCUT2D eigenvalue weighted by atomic mass is 9.72. The molecule has 1 aliphatic rings. The van der Waals surface area contributed by atoms with Gasteiger partial charge in [-0.3, -0.25) is 5.32 Å². The largest absolute Gasteiger partial charge is 0.299 e. The van der Waals surface area contributed by atoms with Crippen LogP contribution in [-0.2, 0) is 0 Å². The van der Waals surface area contributed by atoms with E-state index in [2.05, 4.69) is 35.3 Å². The van der Waals surface area contributed by atoms with E-state index in [-0.39, 0.29) is 5.54 Å². The summed E-state index contributed by atoms with van der Waals surface area (Å²) in [5, 5.41) is 16.2. The molecule has 94 valence electrons. The van der Waals surface area contributed by atoms with E-state index in [0.29, 0.717) is 18.4 Å². The summed E-state index contributed by atoms with van der Waals surface area (Å²) in [6.07, 6.45) is 3.75. The van der Waals surface area contributed by atoms with Crippen LogP contribution in [0.25, 0.3) is 10.4 Å². The fourth-order valence-corrected chi connectivity index (χ4v) is 2.44. The lowest BCUT2D eigenvalue weighted by Crippen LogP contribution is -2.49. The molecule has 1 aliphatic carbocycles. The summed E-state index contributed by atoms with van der Waals surface area (Å²) < 4.78 is 0. The van der Waals surface area contributed by atoms with Crippen LogP contribution in [0, 0.1) is 23.2 Å². The van der Waals surface area contributed by atoms with Crippen LogP contribution in [0.2, 0.25) is 0 Å². The third-order valence-electron chi connectivity index (χ3n) is 3.84. The normalized spacial score (nSPS) is 32.5. The van der Waals surface area contributed by atoms with Crippen LogP contribution in [-0.4, -0.2) is 18.6 Å². The molecule has 0 amide bonds. The van der Waals surface area contributed by atoms with Crippen LogP contribution < -0.4 is 5.32 Å². The zero-order chi connectivity index (χ0) is 12.7. The Labute approximate surface area is 103 Å². The van der Waals surface area contributed by atoms with Crippen molar-refractivity contribution in [3.05, 3.63) is 10.4 Å². The van der Waals surface area contributed by atoms with E-state index in [1.807, 2.05) is 0 Å². The smallest absolute Gasteiger partial charge is 0.107 e. The van der Waals surface area contributed by atoms with E-state index in [1.165, 1.54) is 0 Å². The fourth-order valence-electron chi connectivity index (χ4n) is 2.44. The molecule has 0 radical (unpaired) electrons. The van der Waals surface area contributed by atoms with Crippen LogP contribution in [0.3, 0.4) is 0 Å². The lowest BCUT2D eigenvalue weighted by Gasteiger charge is -2.38. The molecule has 0 spiro atoms. The van der Waals surface area contributed by atoms with Crippen molar-refractivity contribution in [2.24, 2.45) is 17.0 Å². The third-order valence-corrected chi connectivity index (χ3v) is 3.84. The van der Waals surface area contributed by atoms with Gasteiger partial charge in [0.2, 0.25) is 0 Å². The van der Waals surface area contributed by atoms with E-state index in [1.54, 1.807) is 0 Å². The lowest BCUT2D eigenvalue weighted by molar-refractivity contribution is 0.182. The van der Waals surface area contributed by atoms with Crippen molar-refractivity contribution in [2.75, 3.05) is 13.1 Å². The molecule has 5 nitrogen and oxygen atoms in total. The molecule has 0 aromatic rings. The van der Waals surface area contributed by atoms with E-state index >= 15 is 0 Å². The number of nitriles is 1. The number of hydrogen-bond donors (Lipinski definition) is 1. The first-order valence-electron chi connectivity index (χ1n) is 6.31. The summed E-state index contributed by atoms with van der Waals surface area (Å²) in [4.78, 5) is 2.71. The molecule has 3 atom stereocenters. The molecule has 3 unspecified atom stereocenters. The highest BCUT2D eigenvalue weighted by Gasteiger charge is 2.37. The maximum atomic E-state index is 9.35. The van der Waals surface area contributed by atoms with Crippen molar-refractivity contribution in [3.63, 3.8) is 0 Å². The first-order chi connectivity index (χ1) is 8.13. The molecule has 0 aromatic heterocycles. The predicted octanol–water partition coefficient (Wildman–Crippen LogP) is 2.99. The first-order valence-corrected chi connectivity index (χ1v) is 6.31. The third kappa shape index (κ3) is 3.92. The Morgan fingerprint density at radius 3 is 2.88 bits per heavy atom. The Hall–Kier alpha value is -1.24. The minimum Gasteiger partial charge on any atom is -0.299 e. The van der Waals surface area contributed by atoms with E-state index in [9.17, 15) is 5.26 Å². The van der Waals surface area contributed by atoms with Gasteiger partial charge < -0.3 is 0 Å². The summed E-state index contributed by atoms with van der Waals surface area (Å²) in [5.74, 6) is 1.30. The molecule has 5 heteroatoms. The highest BCUT2D eigenvalue weighted by molar-refractivity contribution is 5.10. The van der Waals surface area contributed by atoms with Gasteiger partial charge in [-0.1, -0.05) is 19.0 Å². The molecule has 0 aromatic carbocycles. The maximum Gasteiger partial charge on any atom is 0.107 e. The quantitative estimate of drug-likeness (QED) is 0.344. The van der Waals surface area contributed by atoms with E-state index in [0.717, 1.165) is 32.2 Å². The van der Waals surface area contributed by atoms with E-state index < -0.39 is 0 Å². The Balaban J connectivity index is 2.42. The second-order valence-electron chi connectivity index (χ2n) is 5.13. The molecule has 0 bridgehead atoms. The summed E-state index contributed by atoms with van der Waals surface area (Å²) in [5.41, 5.74) is 7.80. The van der Waals surface area contributed by atoms with Crippen LogP contribution >= 0.6 is 0 Å². The van der Waals surface area contributed by atoms with Crippen molar-refractivity contribution in [2.45, 2.75) is 45.1 Å². The molecule has 0 saturated heterocycles. The number of azide groups is 1. The summed E-state index contributed by atoms with van der Waals surface area (Å²) >= 11 is 0. The number of hydrogen-bond acceptors (Lipinski definition) is 3. The number of rotatable bonds is 5. The fraction of sp³-hybridized carbons (Fsp3) is 0.917. The predicted molar refractivity (Wildman–Crippen MR) is 67.2 cm³/mol. The van der Waals surface area contributed by atoms with Gasteiger partial charge in [0.1, 0.15) is 5.54 Å². The van der Waals surface area contributed by atoms with Crippen molar-refractivity contribution < 1.29 is 0 Å². The summed E-state index contributed by atoms with van der Waals surface area (Å²) in [6.45, 7) is 5.72. The topological polar surface area (TPSA) is 84.6 Å². The Bertz CT molecular complexity index is 328. The van der Waals surface area contributed by atoms with Crippen molar-refractivity contribution in [1.29, 1.82) is 5.26 Å².